The van der Waals surface area contributed by atoms with Gasteiger partial charge in [0, 0.05) is 6.54 Å². The molecule has 0 saturated heterocycles. The van der Waals surface area contributed by atoms with Gasteiger partial charge in [-0.25, -0.2) is 0 Å². The maximum atomic E-state index is 11.6. The van der Waals surface area contributed by atoms with E-state index in [4.69, 9.17) is 5.73 Å². The van der Waals surface area contributed by atoms with E-state index in [9.17, 15) is 4.79 Å². The molecule has 94 valence electrons. The highest BCUT2D eigenvalue weighted by atomic mass is 16.1. The topological polar surface area (TPSA) is 96.7 Å². The van der Waals surface area contributed by atoms with Crippen molar-refractivity contribution in [3.63, 3.8) is 0 Å². The van der Waals surface area contributed by atoms with Crippen LogP contribution in [0.3, 0.4) is 0 Å². The van der Waals surface area contributed by atoms with Crippen LogP contribution in [0.1, 0.15) is 21.6 Å². The molecule has 0 spiro atoms. The monoisotopic (exact) mass is 245 g/mol. The third-order valence-corrected chi connectivity index (χ3v) is 2.56. The molecular formula is C12H15N5O. The summed E-state index contributed by atoms with van der Waals surface area (Å²) in [6, 6.07) is 8.00. The first-order valence-electron chi connectivity index (χ1n) is 5.71. The fourth-order valence-corrected chi connectivity index (χ4v) is 1.57. The molecule has 0 aliphatic rings. The van der Waals surface area contributed by atoms with E-state index in [1.54, 1.807) is 0 Å². The Labute approximate surface area is 105 Å². The summed E-state index contributed by atoms with van der Waals surface area (Å²) in [6.45, 7) is 1.11. The van der Waals surface area contributed by atoms with Gasteiger partial charge in [0.25, 0.3) is 5.91 Å². The largest absolute Gasteiger partial charge is 0.347 e. The number of aromatic nitrogens is 3. The SMILES string of the molecule is NCCc1ccc(CNC(=O)c2cn[nH]n2)cc1. The quantitative estimate of drug-likeness (QED) is 0.702. The standard InChI is InChI=1S/C12H15N5O/c13-6-5-9-1-3-10(4-2-9)7-14-12(18)11-8-15-17-16-11/h1-4,8H,5-7,13H2,(H,14,18)(H,15,16,17). The highest BCUT2D eigenvalue weighted by Crippen LogP contribution is 2.04. The number of H-pyrrole nitrogens is 1. The Kier molecular flexibility index (Phi) is 4.03. The molecule has 2 aromatic rings. The van der Waals surface area contributed by atoms with Gasteiger partial charge in [0.1, 0.15) is 0 Å². The lowest BCUT2D eigenvalue weighted by Crippen LogP contribution is -2.23. The van der Waals surface area contributed by atoms with E-state index < -0.39 is 0 Å². The summed E-state index contributed by atoms with van der Waals surface area (Å²) < 4.78 is 0. The van der Waals surface area contributed by atoms with Gasteiger partial charge in [-0.15, -0.1) is 0 Å². The van der Waals surface area contributed by atoms with E-state index >= 15 is 0 Å². The minimum absolute atomic E-state index is 0.241. The molecule has 0 aliphatic carbocycles. The Morgan fingerprint density at radius 1 is 1.28 bits per heavy atom. The maximum absolute atomic E-state index is 11.6. The summed E-state index contributed by atoms with van der Waals surface area (Å²) >= 11 is 0. The molecule has 0 aliphatic heterocycles. The van der Waals surface area contributed by atoms with Crippen molar-refractivity contribution in [2.45, 2.75) is 13.0 Å². The summed E-state index contributed by atoms with van der Waals surface area (Å²) in [5.74, 6) is -0.241. The lowest BCUT2D eigenvalue weighted by atomic mass is 10.1. The Morgan fingerprint density at radius 2 is 2.00 bits per heavy atom. The number of carbonyl (C=O) groups excluding carboxylic acids is 1. The van der Waals surface area contributed by atoms with Crippen molar-refractivity contribution < 1.29 is 4.79 Å². The Bertz CT molecular complexity index is 492. The van der Waals surface area contributed by atoms with Crippen LogP contribution in [0.5, 0.6) is 0 Å². The summed E-state index contributed by atoms with van der Waals surface area (Å²) in [5.41, 5.74) is 8.00. The third-order valence-electron chi connectivity index (χ3n) is 2.56. The molecule has 4 N–H and O–H groups in total. The van der Waals surface area contributed by atoms with Crippen molar-refractivity contribution in [3.8, 4) is 0 Å². The number of rotatable bonds is 5. The highest BCUT2D eigenvalue weighted by molar-refractivity contribution is 5.91. The van der Waals surface area contributed by atoms with Crippen LogP contribution in [-0.2, 0) is 13.0 Å². The van der Waals surface area contributed by atoms with Gasteiger partial charge in [0.15, 0.2) is 5.69 Å². The van der Waals surface area contributed by atoms with Gasteiger partial charge in [-0.3, -0.25) is 4.79 Å². The molecule has 1 heterocycles. The number of benzene rings is 1. The predicted octanol–water partition coefficient (Wildman–Crippen LogP) is 0.236. The first-order valence-corrected chi connectivity index (χ1v) is 5.71. The van der Waals surface area contributed by atoms with E-state index in [-0.39, 0.29) is 11.6 Å². The molecule has 0 atom stereocenters. The average molecular weight is 245 g/mol. The van der Waals surface area contributed by atoms with Crippen molar-refractivity contribution >= 4 is 5.91 Å². The van der Waals surface area contributed by atoms with Gasteiger partial charge in [0.2, 0.25) is 0 Å². The molecule has 1 aromatic carbocycles. The van der Waals surface area contributed by atoms with Crippen LogP contribution in [0.4, 0.5) is 0 Å². The van der Waals surface area contributed by atoms with Crippen molar-refractivity contribution in [2.75, 3.05) is 6.54 Å². The molecule has 0 unspecified atom stereocenters. The molecule has 18 heavy (non-hydrogen) atoms. The highest BCUT2D eigenvalue weighted by Gasteiger charge is 2.07. The molecule has 1 amide bonds. The summed E-state index contributed by atoms with van der Waals surface area (Å²) in [5, 5.41) is 12.5. The summed E-state index contributed by atoms with van der Waals surface area (Å²) in [4.78, 5) is 11.6. The number of hydrogen-bond acceptors (Lipinski definition) is 4. The predicted molar refractivity (Wildman–Crippen MR) is 66.8 cm³/mol. The molecule has 0 radical (unpaired) electrons. The zero-order chi connectivity index (χ0) is 12.8. The van der Waals surface area contributed by atoms with Gasteiger partial charge >= 0.3 is 0 Å². The average Bonchev–Trinajstić information content (AvgIpc) is 2.92. The van der Waals surface area contributed by atoms with Gasteiger partial charge < -0.3 is 11.1 Å². The number of aromatic amines is 1. The molecule has 1 aromatic heterocycles. The van der Waals surface area contributed by atoms with Crippen LogP contribution >= 0.6 is 0 Å². The second-order valence-electron chi connectivity index (χ2n) is 3.89. The number of hydrogen-bond donors (Lipinski definition) is 3. The van der Waals surface area contributed by atoms with Crippen LogP contribution in [0.15, 0.2) is 30.5 Å². The first kappa shape index (κ1) is 12.3. The lowest BCUT2D eigenvalue weighted by molar-refractivity contribution is 0.0946. The molecule has 6 heteroatoms. The Balaban J connectivity index is 1.88. The molecule has 2 rings (SSSR count). The van der Waals surface area contributed by atoms with Crippen molar-refractivity contribution in [1.29, 1.82) is 0 Å². The van der Waals surface area contributed by atoms with E-state index in [1.165, 1.54) is 11.8 Å². The van der Waals surface area contributed by atoms with Crippen LogP contribution in [0.25, 0.3) is 0 Å². The van der Waals surface area contributed by atoms with Crippen LogP contribution < -0.4 is 11.1 Å². The van der Waals surface area contributed by atoms with E-state index in [1.807, 2.05) is 24.3 Å². The minimum atomic E-state index is -0.241. The van der Waals surface area contributed by atoms with Crippen molar-refractivity contribution in [3.05, 3.63) is 47.3 Å². The zero-order valence-corrected chi connectivity index (χ0v) is 9.89. The van der Waals surface area contributed by atoms with E-state index in [2.05, 4.69) is 20.7 Å². The number of carbonyl (C=O) groups is 1. The fourth-order valence-electron chi connectivity index (χ4n) is 1.57. The normalized spacial score (nSPS) is 10.3. The van der Waals surface area contributed by atoms with Gasteiger partial charge in [-0.1, -0.05) is 24.3 Å². The molecule has 0 saturated carbocycles. The minimum Gasteiger partial charge on any atom is -0.347 e. The second-order valence-corrected chi connectivity index (χ2v) is 3.89. The molecular weight excluding hydrogens is 230 g/mol. The molecule has 6 nitrogen and oxygen atoms in total. The van der Waals surface area contributed by atoms with Gasteiger partial charge in [-0.2, -0.15) is 15.4 Å². The number of amides is 1. The van der Waals surface area contributed by atoms with Crippen LogP contribution in [0, 0.1) is 0 Å². The number of nitrogens with zero attached hydrogens (tertiary/aromatic N) is 2. The summed E-state index contributed by atoms with van der Waals surface area (Å²) in [6.07, 6.45) is 2.26. The molecule has 0 fully saturated rings. The first-order chi connectivity index (χ1) is 8.79. The molecule has 0 bridgehead atoms. The van der Waals surface area contributed by atoms with Crippen molar-refractivity contribution in [1.82, 2.24) is 20.7 Å². The third kappa shape index (κ3) is 3.14. The van der Waals surface area contributed by atoms with Gasteiger partial charge in [0.05, 0.1) is 6.20 Å². The summed E-state index contributed by atoms with van der Waals surface area (Å²) in [7, 11) is 0. The number of nitrogens with one attached hydrogen (secondary N) is 2. The van der Waals surface area contributed by atoms with E-state index in [0.717, 1.165) is 12.0 Å². The van der Waals surface area contributed by atoms with E-state index in [0.29, 0.717) is 13.1 Å². The second kappa shape index (κ2) is 5.92. The zero-order valence-electron chi connectivity index (χ0n) is 9.89. The maximum Gasteiger partial charge on any atom is 0.273 e. The van der Waals surface area contributed by atoms with Crippen molar-refractivity contribution in [2.24, 2.45) is 5.73 Å². The smallest absolute Gasteiger partial charge is 0.273 e. The number of nitrogens with two attached hydrogens (primary N) is 1. The van der Waals surface area contributed by atoms with Gasteiger partial charge in [-0.05, 0) is 24.1 Å². The lowest BCUT2D eigenvalue weighted by Gasteiger charge is -2.04. The fraction of sp³-hybridized carbons (Fsp3) is 0.250. The van der Waals surface area contributed by atoms with Crippen LogP contribution in [-0.4, -0.2) is 27.9 Å². The Hall–Kier alpha value is -2.21. The van der Waals surface area contributed by atoms with Crippen LogP contribution in [0.2, 0.25) is 0 Å². The Morgan fingerprint density at radius 3 is 2.61 bits per heavy atom.